The van der Waals surface area contributed by atoms with E-state index in [4.69, 9.17) is 27.6 Å². The Bertz CT molecular complexity index is 1250. The van der Waals surface area contributed by atoms with Crippen LogP contribution in [0.2, 0.25) is 10.0 Å². The van der Waals surface area contributed by atoms with Crippen LogP contribution in [0.15, 0.2) is 46.0 Å². The van der Waals surface area contributed by atoms with Crippen molar-refractivity contribution in [1.29, 1.82) is 0 Å². The summed E-state index contributed by atoms with van der Waals surface area (Å²) in [5.74, 6) is 0.536. The van der Waals surface area contributed by atoms with E-state index in [1.165, 1.54) is 12.1 Å². The van der Waals surface area contributed by atoms with Crippen molar-refractivity contribution >= 4 is 46.5 Å². The van der Waals surface area contributed by atoms with Gasteiger partial charge in [-0.1, -0.05) is 29.3 Å². The van der Waals surface area contributed by atoms with Crippen molar-refractivity contribution in [2.45, 2.75) is 33.1 Å². The normalized spacial score (nSPS) is 14.2. The predicted octanol–water partition coefficient (Wildman–Crippen LogP) is 5.32. The minimum Gasteiger partial charge on any atom is -0.455 e. The lowest BCUT2D eigenvalue weighted by Gasteiger charge is -2.13. The zero-order valence-electron chi connectivity index (χ0n) is 17.5. The molecule has 2 N–H and O–H groups in total. The fraction of sp³-hybridized carbons (Fsp3) is 0.217. The average molecular weight is 471 g/mol. The lowest BCUT2D eigenvalue weighted by molar-refractivity contribution is 0.0953. The lowest BCUT2D eigenvalue weighted by Crippen LogP contribution is -2.22. The third-order valence-corrected chi connectivity index (χ3v) is 5.79. The van der Waals surface area contributed by atoms with Crippen molar-refractivity contribution in [3.8, 4) is 0 Å². The van der Waals surface area contributed by atoms with E-state index < -0.39 is 5.91 Å². The molecule has 0 aliphatic heterocycles. The van der Waals surface area contributed by atoms with Crippen LogP contribution in [0.3, 0.4) is 0 Å². The number of nitrogens with zero attached hydrogens (tertiary/aromatic N) is 2. The molecule has 2 amide bonds. The number of carbonyl (C=O) groups excluding carboxylic acids is 2. The van der Waals surface area contributed by atoms with E-state index in [-0.39, 0.29) is 22.3 Å². The van der Waals surface area contributed by atoms with Gasteiger partial charge in [0.25, 0.3) is 11.8 Å². The molecule has 0 bridgehead atoms. The number of hydrogen-bond donors (Lipinski definition) is 2. The van der Waals surface area contributed by atoms with Crippen LogP contribution in [-0.2, 0) is 6.42 Å². The molecule has 32 heavy (non-hydrogen) atoms. The van der Waals surface area contributed by atoms with Gasteiger partial charge in [-0.15, -0.1) is 0 Å². The smallest absolute Gasteiger partial charge is 0.292 e. The molecule has 1 aliphatic rings. The van der Waals surface area contributed by atoms with Gasteiger partial charge in [0.2, 0.25) is 0 Å². The van der Waals surface area contributed by atoms with Gasteiger partial charge in [0.1, 0.15) is 11.6 Å². The van der Waals surface area contributed by atoms with Crippen LogP contribution in [0.5, 0.6) is 0 Å². The number of rotatable bonds is 4. The van der Waals surface area contributed by atoms with Crippen LogP contribution >= 0.6 is 23.2 Å². The summed E-state index contributed by atoms with van der Waals surface area (Å²) < 4.78 is 5.90. The van der Waals surface area contributed by atoms with Crippen molar-refractivity contribution in [1.82, 2.24) is 10.4 Å². The number of amides is 2. The van der Waals surface area contributed by atoms with Gasteiger partial charge in [0, 0.05) is 28.8 Å². The number of pyridine rings is 1. The number of hydrazone groups is 1. The van der Waals surface area contributed by atoms with Gasteiger partial charge in [-0.25, -0.2) is 10.4 Å². The van der Waals surface area contributed by atoms with Gasteiger partial charge in [0.05, 0.1) is 16.3 Å². The summed E-state index contributed by atoms with van der Waals surface area (Å²) in [5.41, 5.74) is 5.74. The first-order valence-electron chi connectivity index (χ1n) is 10.0. The fourth-order valence-electron chi connectivity index (χ4n) is 3.63. The molecule has 2 aromatic heterocycles. The van der Waals surface area contributed by atoms with Gasteiger partial charge in [-0.05, 0) is 56.5 Å². The fourth-order valence-corrected chi connectivity index (χ4v) is 4.12. The van der Waals surface area contributed by atoms with Gasteiger partial charge < -0.3 is 9.73 Å². The second kappa shape index (κ2) is 9.14. The minimum atomic E-state index is -0.448. The molecule has 164 valence electrons. The van der Waals surface area contributed by atoms with E-state index in [1.54, 1.807) is 25.3 Å². The number of nitrogens with one attached hydrogen (secondary N) is 2. The van der Waals surface area contributed by atoms with Crippen LogP contribution in [-0.4, -0.2) is 22.5 Å². The van der Waals surface area contributed by atoms with E-state index in [2.05, 4.69) is 20.8 Å². The predicted molar refractivity (Wildman–Crippen MR) is 124 cm³/mol. The number of anilines is 1. The first-order valence-corrected chi connectivity index (χ1v) is 10.8. The average Bonchev–Trinajstić information content (AvgIpc) is 3.11. The highest BCUT2D eigenvalue weighted by molar-refractivity contribution is 6.36. The Morgan fingerprint density at radius 2 is 1.94 bits per heavy atom. The number of halogens is 2. The molecule has 9 heteroatoms. The first-order chi connectivity index (χ1) is 15.3. The van der Waals surface area contributed by atoms with Crippen LogP contribution < -0.4 is 10.7 Å². The number of aryl methyl sites for hydroxylation is 2. The number of carbonyl (C=O) groups is 2. The molecule has 4 rings (SSSR count). The summed E-state index contributed by atoms with van der Waals surface area (Å²) in [6.45, 7) is 3.67. The second-order valence-electron chi connectivity index (χ2n) is 7.45. The Balaban J connectivity index is 1.58. The van der Waals surface area contributed by atoms with E-state index in [0.29, 0.717) is 40.7 Å². The monoisotopic (exact) mass is 470 g/mol. The third-order valence-electron chi connectivity index (χ3n) is 5.24. The number of furan rings is 1. The summed E-state index contributed by atoms with van der Waals surface area (Å²) in [6.07, 6.45) is 3.73. The quantitative estimate of drug-likeness (QED) is 0.504. The summed E-state index contributed by atoms with van der Waals surface area (Å²) >= 11 is 12.0. The Morgan fingerprint density at radius 3 is 2.69 bits per heavy atom. The molecule has 0 radical (unpaired) electrons. The first kappa shape index (κ1) is 22.0. The Hall–Kier alpha value is -3.16. The zero-order valence-corrected chi connectivity index (χ0v) is 19.0. The lowest BCUT2D eigenvalue weighted by atomic mass is 9.93. The maximum atomic E-state index is 12.8. The molecule has 7 nitrogen and oxygen atoms in total. The van der Waals surface area contributed by atoms with E-state index in [9.17, 15) is 9.59 Å². The SMILES string of the molecule is Cc1cccnc1NC(=O)c1oc2c(c1C)/C(=N/NC(=O)c1ccc(Cl)cc1Cl)CCC2. The molecule has 3 aromatic rings. The van der Waals surface area contributed by atoms with Crippen molar-refractivity contribution in [3.63, 3.8) is 0 Å². The second-order valence-corrected chi connectivity index (χ2v) is 8.30. The Kier molecular flexibility index (Phi) is 6.30. The molecule has 0 fully saturated rings. The largest absolute Gasteiger partial charge is 0.455 e. The Labute approximate surface area is 194 Å². The molecule has 0 unspecified atom stereocenters. The summed E-state index contributed by atoms with van der Waals surface area (Å²) in [4.78, 5) is 29.6. The molecular formula is C23H20Cl2N4O3. The third kappa shape index (κ3) is 4.40. The number of hydrogen-bond acceptors (Lipinski definition) is 5. The highest BCUT2D eigenvalue weighted by Gasteiger charge is 2.28. The molecule has 2 heterocycles. The highest BCUT2D eigenvalue weighted by atomic mass is 35.5. The summed E-state index contributed by atoms with van der Waals surface area (Å²) in [7, 11) is 0. The Morgan fingerprint density at radius 1 is 1.12 bits per heavy atom. The van der Waals surface area contributed by atoms with Gasteiger partial charge in [-0.3, -0.25) is 9.59 Å². The van der Waals surface area contributed by atoms with Gasteiger partial charge >= 0.3 is 0 Å². The van der Waals surface area contributed by atoms with Crippen molar-refractivity contribution in [3.05, 3.63) is 80.3 Å². The molecular weight excluding hydrogens is 451 g/mol. The van der Waals surface area contributed by atoms with E-state index in [1.807, 2.05) is 13.0 Å². The zero-order chi connectivity index (χ0) is 22.8. The number of benzene rings is 1. The summed E-state index contributed by atoms with van der Waals surface area (Å²) in [6, 6.07) is 8.29. The van der Waals surface area contributed by atoms with Crippen LogP contribution in [0.1, 0.15) is 56.2 Å². The van der Waals surface area contributed by atoms with E-state index in [0.717, 1.165) is 17.5 Å². The minimum absolute atomic E-state index is 0.210. The van der Waals surface area contributed by atoms with Gasteiger partial charge in [0.15, 0.2) is 5.76 Å². The van der Waals surface area contributed by atoms with Crippen molar-refractivity contribution < 1.29 is 14.0 Å². The molecule has 0 spiro atoms. The molecule has 1 aromatic carbocycles. The number of aromatic nitrogens is 1. The maximum Gasteiger partial charge on any atom is 0.292 e. The molecule has 0 atom stereocenters. The van der Waals surface area contributed by atoms with Crippen LogP contribution in [0.25, 0.3) is 0 Å². The van der Waals surface area contributed by atoms with Crippen LogP contribution in [0.4, 0.5) is 5.82 Å². The molecule has 0 saturated heterocycles. The molecule has 0 saturated carbocycles. The van der Waals surface area contributed by atoms with Crippen molar-refractivity contribution in [2.24, 2.45) is 5.10 Å². The standard InChI is InChI=1S/C23H20Cl2N4O3/c1-12-5-4-10-26-21(12)27-23(31)20-13(2)19-17(6-3-7-18(19)32-20)28-29-22(30)15-9-8-14(24)11-16(15)25/h4-5,8-11H,3,6-7H2,1-2H3,(H,29,30)(H,26,27,31)/b28-17+. The maximum absolute atomic E-state index is 12.8. The topological polar surface area (TPSA) is 96.6 Å². The highest BCUT2D eigenvalue weighted by Crippen LogP contribution is 2.30. The summed E-state index contributed by atoms with van der Waals surface area (Å²) in [5, 5.41) is 7.79. The van der Waals surface area contributed by atoms with Gasteiger partial charge in [-0.2, -0.15) is 5.10 Å². The number of fused-ring (bicyclic) bond motifs is 1. The van der Waals surface area contributed by atoms with E-state index >= 15 is 0 Å². The molecule has 1 aliphatic carbocycles. The van der Waals surface area contributed by atoms with Crippen molar-refractivity contribution in [2.75, 3.05) is 5.32 Å². The van der Waals surface area contributed by atoms with Crippen LogP contribution in [0, 0.1) is 13.8 Å².